The van der Waals surface area contributed by atoms with Crippen molar-refractivity contribution in [3.63, 3.8) is 0 Å². The maximum atomic E-state index is 12.2. The van der Waals surface area contributed by atoms with Crippen LogP contribution in [0.4, 0.5) is 11.5 Å². The molecule has 0 atom stereocenters. The van der Waals surface area contributed by atoms with Crippen molar-refractivity contribution in [2.45, 2.75) is 19.9 Å². The number of hydrogen-bond acceptors (Lipinski definition) is 5. The van der Waals surface area contributed by atoms with Gasteiger partial charge in [0.15, 0.2) is 5.65 Å². The Labute approximate surface area is 209 Å². The fourth-order valence-corrected chi connectivity index (χ4v) is 4.76. The van der Waals surface area contributed by atoms with Crippen molar-refractivity contribution in [1.82, 2.24) is 14.6 Å². The molecule has 0 aliphatic carbocycles. The average molecular weight is 532 g/mol. The summed E-state index contributed by atoms with van der Waals surface area (Å²) < 4.78 is 2.64. The van der Waals surface area contributed by atoms with Gasteiger partial charge in [-0.3, -0.25) is 4.79 Å². The van der Waals surface area contributed by atoms with Crippen LogP contribution in [0.25, 0.3) is 16.9 Å². The molecule has 170 valence electrons. The van der Waals surface area contributed by atoms with Crippen LogP contribution in [-0.4, -0.2) is 20.5 Å². The maximum absolute atomic E-state index is 12.2. The number of carbonyl (C=O) groups is 1. The van der Waals surface area contributed by atoms with E-state index in [0.29, 0.717) is 13.0 Å². The summed E-state index contributed by atoms with van der Waals surface area (Å²) >= 11 is 5.16. The van der Waals surface area contributed by atoms with Crippen LogP contribution in [0.5, 0.6) is 0 Å². The molecule has 1 amide bonds. The first-order valence-electron chi connectivity index (χ1n) is 10.8. The zero-order chi connectivity index (χ0) is 23.5. The fraction of sp³-hybridized carbons (Fsp3) is 0.115. The molecule has 5 aromatic rings. The molecule has 0 bridgehead atoms. The van der Waals surface area contributed by atoms with Crippen molar-refractivity contribution in [1.29, 1.82) is 0 Å². The predicted octanol–water partition coefficient (Wildman–Crippen LogP) is 6.32. The molecule has 0 aliphatic rings. The van der Waals surface area contributed by atoms with E-state index in [2.05, 4.69) is 50.7 Å². The summed E-state index contributed by atoms with van der Waals surface area (Å²) in [4.78, 5) is 17.1. The average Bonchev–Trinajstić information content (AvgIpc) is 3.48. The van der Waals surface area contributed by atoms with Gasteiger partial charge in [0.05, 0.1) is 22.8 Å². The molecule has 0 radical (unpaired) electrons. The van der Waals surface area contributed by atoms with Crippen molar-refractivity contribution < 1.29 is 4.79 Å². The number of nitrogens with one attached hydrogen (secondary N) is 2. The van der Waals surface area contributed by atoms with Gasteiger partial charge in [-0.25, -0.2) is 4.98 Å². The molecular weight excluding hydrogens is 510 g/mol. The molecule has 0 saturated carbocycles. The third-order valence-electron chi connectivity index (χ3n) is 5.51. The second-order valence-corrected chi connectivity index (χ2v) is 9.61. The third kappa shape index (κ3) is 4.88. The molecule has 6 nitrogen and oxygen atoms in total. The number of hydrogen-bond donors (Lipinski definition) is 2. The van der Waals surface area contributed by atoms with Crippen LogP contribution in [0.1, 0.15) is 16.7 Å². The van der Waals surface area contributed by atoms with Gasteiger partial charge < -0.3 is 10.6 Å². The largest absolute Gasteiger partial charge is 0.366 e. The Bertz CT molecular complexity index is 1440. The summed E-state index contributed by atoms with van der Waals surface area (Å²) in [7, 11) is 0. The molecule has 34 heavy (non-hydrogen) atoms. The lowest BCUT2D eigenvalue weighted by molar-refractivity contribution is -0.115. The monoisotopic (exact) mass is 531 g/mol. The Morgan fingerprint density at radius 2 is 1.91 bits per heavy atom. The number of amides is 1. The summed E-state index contributed by atoms with van der Waals surface area (Å²) in [5.74, 6) is 0.832. The second-order valence-electron chi connectivity index (χ2n) is 7.98. The molecule has 2 N–H and O–H groups in total. The number of halogens is 1. The standard InChI is InChI=1S/C26H22BrN5OS/c1-17-4-2-3-5-21(17)23-13-24(32-26(31-23)22(27)15-29-32)28-14-18-6-8-20(9-7-18)30-25(33)12-19-10-11-34-16-19/h2-11,13,15-16,28H,12,14H2,1H3,(H,30,33). The summed E-state index contributed by atoms with van der Waals surface area (Å²) in [6.07, 6.45) is 2.14. The molecular formula is C26H22BrN5OS. The van der Waals surface area contributed by atoms with Crippen LogP contribution in [0.3, 0.4) is 0 Å². The minimum absolute atomic E-state index is 0.0172. The number of carbonyl (C=O) groups excluding carboxylic acids is 1. The molecule has 0 fully saturated rings. The molecule has 2 aromatic carbocycles. The van der Waals surface area contributed by atoms with Crippen LogP contribution in [0, 0.1) is 6.92 Å². The van der Waals surface area contributed by atoms with E-state index in [0.717, 1.165) is 49.6 Å². The normalized spacial score (nSPS) is 11.0. The Morgan fingerprint density at radius 1 is 1.09 bits per heavy atom. The minimum Gasteiger partial charge on any atom is -0.366 e. The van der Waals surface area contributed by atoms with Gasteiger partial charge in [-0.1, -0.05) is 36.4 Å². The number of thiophene rings is 1. The molecule has 0 spiro atoms. The van der Waals surface area contributed by atoms with Gasteiger partial charge in [-0.15, -0.1) is 0 Å². The quantitative estimate of drug-likeness (QED) is 0.257. The number of benzene rings is 2. The van der Waals surface area contributed by atoms with E-state index in [1.54, 1.807) is 22.0 Å². The summed E-state index contributed by atoms with van der Waals surface area (Å²) in [5.41, 5.74) is 6.80. The van der Waals surface area contributed by atoms with Crippen molar-refractivity contribution in [2.75, 3.05) is 10.6 Å². The van der Waals surface area contributed by atoms with E-state index in [1.807, 2.05) is 59.3 Å². The van der Waals surface area contributed by atoms with Crippen LogP contribution >= 0.6 is 27.3 Å². The SMILES string of the molecule is Cc1ccccc1-c1cc(NCc2ccc(NC(=O)Cc3ccsc3)cc2)n2ncc(Br)c2n1. The first kappa shape index (κ1) is 22.3. The first-order valence-corrected chi connectivity index (χ1v) is 12.5. The predicted molar refractivity (Wildman–Crippen MR) is 141 cm³/mol. The van der Waals surface area contributed by atoms with Gasteiger partial charge in [-0.2, -0.15) is 21.0 Å². The zero-order valence-electron chi connectivity index (χ0n) is 18.5. The molecule has 3 aromatic heterocycles. The van der Waals surface area contributed by atoms with Gasteiger partial charge in [-0.05, 0) is 68.5 Å². The molecule has 0 aliphatic heterocycles. The summed E-state index contributed by atoms with van der Waals surface area (Å²) in [6, 6.07) is 20.1. The van der Waals surface area contributed by atoms with E-state index in [1.165, 1.54) is 0 Å². The van der Waals surface area contributed by atoms with Crippen LogP contribution in [0.2, 0.25) is 0 Å². The van der Waals surface area contributed by atoms with Gasteiger partial charge >= 0.3 is 0 Å². The van der Waals surface area contributed by atoms with E-state index in [-0.39, 0.29) is 5.91 Å². The summed E-state index contributed by atoms with van der Waals surface area (Å²) in [5, 5.41) is 14.9. The van der Waals surface area contributed by atoms with E-state index in [4.69, 9.17) is 4.98 Å². The first-order chi connectivity index (χ1) is 16.6. The molecule has 0 saturated heterocycles. The van der Waals surface area contributed by atoms with Gasteiger partial charge in [0.25, 0.3) is 0 Å². The highest BCUT2D eigenvalue weighted by Crippen LogP contribution is 2.28. The zero-order valence-corrected chi connectivity index (χ0v) is 20.9. The molecule has 8 heteroatoms. The highest BCUT2D eigenvalue weighted by atomic mass is 79.9. The maximum Gasteiger partial charge on any atom is 0.228 e. The van der Waals surface area contributed by atoms with E-state index >= 15 is 0 Å². The van der Waals surface area contributed by atoms with Crippen LogP contribution in [0.15, 0.2) is 82.1 Å². The lowest BCUT2D eigenvalue weighted by Crippen LogP contribution is -2.14. The van der Waals surface area contributed by atoms with E-state index < -0.39 is 0 Å². The number of nitrogens with zero attached hydrogens (tertiary/aromatic N) is 3. The third-order valence-corrected chi connectivity index (χ3v) is 6.80. The van der Waals surface area contributed by atoms with Crippen molar-refractivity contribution in [2.24, 2.45) is 0 Å². The minimum atomic E-state index is -0.0172. The van der Waals surface area contributed by atoms with Crippen molar-refractivity contribution >= 4 is 50.3 Å². The van der Waals surface area contributed by atoms with Crippen LogP contribution < -0.4 is 10.6 Å². The van der Waals surface area contributed by atoms with Gasteiger partial charge in [0, 0.05) is 23.9 Å². The van der Waals surface area contributed by atoms with Crippen LogP contribution in [-0.2, 0) is 17.8 Å². The molecule has 5 rings (SSSR count). The Kier molecular flexibility index (Phi) is 6.42. The number of aryl methyl sites for hydroxylation is 1. The van der Waals surface area contributed by atoms with Crippen molar-refractivity contribution in [3.8, 4) is 11.3 Å². The lowest BCUT2D eigenvalue weighted by atomic mass is 10.1. The number of aromatic nitrogens is 3. The Balaban J connectivity index is 1.32. The topological polar surface area (TPSA) is 71.3 Å². The summed E-state index contributed by atoms with van der Waals surface area (Å²) in [6.45, 7) is 2.69. The smallest absolute Gasteiger partial charge is 0.228 e. The number of fused-ring (bicyclic) bond motifs is 1. The fourth-order valence-electron chi connectivity index (χ4n) is 3.74. The molecule has 0 unspecified atom stereocenters. The van der Waals surface area contributed by atoms with E-state index in [9.17, 15) is 4.79 Å². The second kappa shape index (κ2) is 9.79. The Morgan fingerprint density at radius 3 is 2.68 bits per heavy atom. The molecule has 3 heterocycles. The van der Waals surface area contributed by atoms with Gasteiger partial charge in [0.1, 0.15) is 5.82 Å². The highest BCUT2D eigenvalue weighted by Gasteiger charge is 2.13. The lowest BCUT2D eigenvalue weighted by Gasteiger charge is -2.12. The number of anilines is 2. The van der Waals surface area contributed by atoms with Crippen molar-refractivity contribution in [3.05, 3.63) is 98.8 Å². The number of rotatable bonds is 7. The Hall–Kier alpha value is -3.49. The van der Waals surface area contributed by atoms with Gasteiger partial charge in [0.2, 0.25) is 5.91 Å². The highest BCUT2D eigenvalue weighted by molar-refractivity contribution is 9.10.